The summed E-state index contributed by atoms with van der Waals surface area (Å²) in [6.45, 7) is 7.79. The molecule has 0 fully saturated rings. The highest BCUT2D eigenvalue weighted by Crippen LogP contribution is 2.19. The Kier molecular flexibility index (Phi) is 6.61. The molecule has 3 rings (SSSR count). The number of hydrogen-bond donors (Lipinski definition) is 0. The number of thiophene rings is 1. The quantitative estimate of drug-likeness (QED) is 0.418. The van der Waals surface area contributed by atoms with Crippen LogP contribution in [0.25, 0.3) is 5.69 Å². The highest BCUT2D eigenvalue weighted by atomic mass is 32.1. The zero-order chi connectivity index (χ0) is 20.8. The number of esters is 1. The summed E-state index contributed by atoms with van der Waals surface area (Å²) in [6.07, 6.45) is 1.66. The van der Waals surface area contributed by atoms with Gasteiger partial charge in [-0.15, -0.1) is 17.9 Å². The second-order valence-corrected chi connectivity index (χ2v) is 7.54. The van der Waals surface area contributed by atoms with Crippen LogP contribution in [-0.4, -0.2) is 39.7 Å². The van der Waals surface area contributed by atoms with Gasteiger partial charge >= 0.3 is 5.97 Å². The number of aryl methyl sites for hydroxylation is 1. The van der Waals surface area contributed by atoms with E-state index in [9.17, 15) is 9.59 Å². The molecule has 150 valence electrons. The van der Waals surface area contributed by atoms with E-state index in [1.165, 1.54) is 0 Å². The van der Waals surface area contributed by atoms with Crippen LogP contribution in [-0.2, 0) is 16.1 Å². The Balaban J connectivity index is 1.69. The standard InChI is InChI=1S/C22H23N3O3S/c1-4-12-24(14-19-11-8-13-29-19)20(26)15-28-22(27)21-16(2)23-25(17(21)3)18-9-6-5-7-10-18/h4-11,13H,1,12,14-15H2,2-3H3. The predicted octanol–water partition coefficient (Wildman–Crippen LogP) is 3.92. The van der Waals surface area contributed by atoms with Gasteiger partial charge in [-0.1, -0.05) is 30.3 Å². The van der Waals surface area contributed by atoms with Gasteiger partial charge in [-0.3, -0.25) is 4.79 Å². The van der Waals surface area contributed by atoms with Crippen molar-refractivity contribution in [3.8, 4) is 5.69 Å². The van der Waals surface area contributed by atoms with E-state index < -0.39 is 5.97 Å². The van der Waals surface area contributed by atoms with E-state index in [1.807, 2.05) is 54.8 Å². The lowest BCUT2D eigenvalue weighted by molar-refractivity contribution is -0.134. The van der Waals surface area contributed by atoms with Crippen molar-refractivity contribution in [2.45, 2.75) is 20.4 Å². The van der Waals surface area contributed by atoms with E-state index in [2.05, 4.69) is 11.7 Å². The second-order valence-electron chi connectivity index (χ2n) is 6.51. The Labute approximate surface area is 174 Å². The Hall–Kier alpha value is -3.19. The van der Waals surface area contributed by atoms with E-state index in [4.69, 9.17) is 4.74 Å². The maximum absolute atomic E-state index is 12.7. The number of para-hydroxylation sites is 1. The average Bonchev–Trinajstić information content (AvgIpc) is 3.33. The number of ether oxygens (including phenoxy) is 1. The lowest BCUT2D eigenvalue weighted by atomic mass is 10.2. The Morgan fingerprint density at radius 3 is 2.62 bits per heavy atom. The van der Waals surface area contributed by atoms with Crippen molar-refractivity contribution in [3.63, 3.8) is 0 Å². The summed E-state index contributed by atoms with van der Waals surface area (Å²) in [5.74, 6) is -0.817. The summed E-state index contributed by atoms with van der Waals surface area (Å²) >= 11 is 1.57. The maximum Gasteiger partial charge on any atom is 0.342 e. The molecule has 6 nitrogen and oxygen atoms in total. The number of aromatic nitrogens is 2. The summed E-state index contributed by atoms with van der Waals surface area (Å²) in [5.41, 5.74) is 2.48. The summed E-state index contributed by atoms with van der Waals surface area (Å²) in [4.78, 5) is 27.9. The molecule has 7 heteroatoms. The molecule has 29 heavy (non-hydrogen) atoms. The number of amides is 1. The molecular weight excluding hydrogens is 386 g/mol. The second kappa shape index (κ2) is 9.34. The van der Waals surface area contributed by atoms with Crippen molar-refractivity contribution in [3.05, 3.63) is 82.3 Å². The van der Waals surface area contributed by atoms with Gasteiger partial charge in [0.2, 0.25) is 0 Å². The maximum atomic E-state index is 12.7. The van der Waals surface area contributed by atoms with Gasteiger partial charge in [0.15, 0.2) is 6.61 Å². The molecule has 0 N–H and O–H groups in total. The summed E-state index contributed by atoms with van der Waals surface area (Å²) < 4.78 is 7.04. The molecule has 1 amide bonds. The Bertz CT molecular complexity index is 994. The molecule has 2 aromatic heterocycles. The first-order valence-corrected chi connectivity index (χ1v) is 10.1. The fourth-order valence-electron chi connectivity index (χ4n) is 3.05. The minimum absolute atomic E-state index is 0.266. The van der Waals surface area contributed by atoms with Crippen LogP contribution in [0.2, 0.25) is 0 Å². The van der Waals surface area contributed by atoms with Crippen LogP contribution in [0.1, 0.15) is 26.6 Å². The smallest absolute Gasteiger partial charge is 0.342 e. The lowest BCUT2D eigenvalue weighted by Crippen LogP contribution is -2.34. The number of carbonyl (C=O) groups is 2. The van der Waals surface area contributed by atoms with Crippen molar-refractivity contribution < 1.29 is 14.3 Å². The highest BCUT2D eigenvalue weighted by molar-refractivity contribution is 7.09. The topological polar surface area (TPSA) is 64.4 Å². The molecule has 0 saturated carbocycles. The minimum atomic E-state index is -0.551. The SMILES string of the molecule is C=CCN(Cc1cccs1)C(=O)COC(=O)c1c(C)nn(-c2ccccc2)c1C. The van der Waals surface area contributed by atoms with Gasteiger partial charge in [-0.2, -0.15) is 5.10 Å². The van der Waals surface area contributed by atoms with Gasteiger partial charge < -0.3 is 9.64 Å². The number of benzene rings is 1. The van der Waals surface area contributed by atoms with Crippen LogP contribution in [0.5, 0.6) is 0 Å². The molecule has 0 aliphatic rings. The molecule has 0 aliphatic carbocycles. The van der Waals surface area contributed by atoms with E-state index in [0.717, 1.165) is 10.6 Å². The van der Waals surface area contributed by atoms with Crippen molar-refractivity contribution in [1.29, 1.82) is 0 Å². The van der Waals surface area contributed by atoms with Gasteiger partial charge in [-0.05, 0) is 37.4 Å². The zero-order valence-electron chi connectivity index (χ0n) is 16.5. The monoisotopic (exact) mass is 409 g/mol. The number of nitrogens with zero attached hydrogens (tertiary/aromatic N) is 3. The molecular formula is C22H23N3O3S. The van der Waals surface area contributed by atoms with Crippen LogP contribution in [0.3, 0.4) is 0 Å². The van der Waals surface area contributed by atoms with Gasteiger partial charge in [-0.25, -0.2) is 9.48 Å². The van der Waals surface area contributed by atoms with E-state index >= 15 is 0 Å². The van der Waals surface area contributed by atoms with Crippen LogP contribution < -0.4 is 0 Å². The number of carbonyl (C=O) groups excluding carboxylic acids is 2. The normalized spacial score (nSPS) is 10.6. The van der Waals surface area contributed by atoms with E-state index in [-0.39, 0.29) is 12.5 Å². The van der Waals surface area contributed by atoms with Gasteiger partial charge in [0.1, 0.15) is 5.56 Å². The average molecular weight is 410 g/mol. The van der Waals surface area contributed by atoms with Crippen LogP contribution in [0, 0.1) is 13.8 Å². The van der Waals surface area contributed by atoms with E-state index in [0.29, 0.717) is 30.0 Å². The van der Waals surface area contributed by atoms with Crippen LogP contribution in [0.4, 0.5) is 0 Å². The van der Waals surface area contributed by atoms with Gasteiger partial charge in [0, 0.05) is 11.4 Å². The van der Waals surface area contributed by atoms with Crippen LogP contribution in [0.15, 0.2) is 60.5 Å². The van der Waals surface area contributed by atoms with Crippen molar-refractivity contribution in [2.75, 3.05) is 13.2 Å². The molecule has 2 heterocycles. The highest BCUT2D eigenvalue weighted by Gasteiger charge is 2.23. The molecule has 3 aromatic rings. The fraction of sp³-hybridized carbons (Fsp3) is 0.227. The van der Waals surface area contributed by atoms with Gasteiger partial charge in [0.05, 0.1) is 23.6 Å². The van der Waals surface area contributed by atoms with Crippen molar-refractivity contribution in [2.24, 2.45) is 0 Å². The predicted molar refractivity (Wildman–Crippen MR) is 113 cm³/mol. The Morgan fingerprint density at radius 1 is 1.21 bits per heavy atom. The number of rotatable bonds is 8. The molecule has 0 atom stereocenters. The van der Waals surface area contributed by atoms with Crippen molar-refractivity contribution >= 4 is 23.2 Å². The molecule has 0 radical (unpaired) electrons. The molecule has 0 spiro atoms. The van der Waals surface area contributed by atoms with Gasteiger partial charge in [0.25, 0.3) is 5.91 Å². The molecule has 1 aromatic carbocycles. The molecule has 0 unspecified atom stereocenters. The summed E-state index contributed by atoms with van der Waals surface area (Å²) in [5, 5.41) is 6.41. The molecule has 0 aliphatic heterocycles. The first kappa shape index (κ1) is 20.5. The Morgan fingerprint density at radius 2 is 1.97 bits per heavy atom. The first-order valence-electron chi connectivity index (χ1n) is 9.21. The summed E-state index contributed by atoms with van der Waals surface area (Å²) in [6, 6.07) is 13.5. The fourth-order valence-corrected chi connectivity index (χ4v) is 3.77. The third-order valence-corrected chi connectivity index (χ3v) is 5.31. The first-order chi connectivity index (χ1) is 14.0. The van der Waals surface area contributed by atoms with Crippen molar-refractivity contribution in [1.82, 2.24) is 14.7 Å². The third-order valence-electron chi connectivity index (χ3n) is 4.45. The van der Waals surface area contributed by atoms with Crippen LogP contribution >= 0.6 is 11.3 Å². The zero-order valence-corrected chi connectivity index (χ0v) is 17.3. The largest absolute Gasteiger partial charge is 0.452 e. The third kappa shape index (κ3) is 4.81. The van der Waals surface area contributed by atoms with E-state index in [1.54, 1.807) is 33.9 Å². The molecule has 0 bridgehead atoms. The lowest BCUT2D eigenvalue weighted by Gasteiger charge is -2.20. The molecule has 0 saturated heterocycles. The minimum Gasteiger partial charge on any atom is -0.452 e. The number of hydrogen-bond acceptors (Lipinski definition) is 5. The summed E-state index contributed by atoms with van der Waals surface area (Å²) in [7, 11) is 0.